The van der Waals surface area contributed by atoms with Gasteiger partial charge in [-0.15, -0.1) is 0 Å². The van der Waals surface area contributed by atoms with Crippen LogP contribution in [0, 0.1) is 6.92 Å². The summed E-state index contributed by atoms with van der Waals surface area (Å²) in [6.45, 7) is 6.85. The lowest BCUT2D eigenvalue weighted by Gasteiger charge is -2.19. The lowest BCUT2D eigenvalue weighted by Crippen LogP contribution is -2.09. The molecule has 1 heteroatoms. The number of unbranched alkanes of at least 4 members (excludes halogenated alkanes) is 1. The third-order valence-corrected chi connectivity index (χ3v) is 5.76. The van der Waals surface area contributed by atoms with Crippen LogP contribution in [-0.2, 0) is 0 Å². The third-order valence-electron chi connectivity index (χ3n) is 2.73. The minimum atomic E-state index is 0.117. The van der Waals surface area contributed by atoms with Crippen LogP contribution in [0.15, 0.2) is 24.3 Å². The van der Waals surface area contributed by atoms with Crippen molar-refractivity contribution in [1.82, 2.24) is 0 Å². The van der Waals surface area contributed by atoms with Crippen LogP contribution in [0.1, 0.15) is 38.7 Å². The Morgan fingerprint density at radius 3 is 2.33 bits per heavy atom. The topological polar surface area (TPSA) is 0 Å². The monoisotopic (exact) mass is 222 g/mol. The Balaban J connectivity index is 2.74. The fourth-order valence-electron chi connectivity index (χ4n) is 1.89. The van der Waals surface area contributed by atoms with Crippen molar-refractivity contribution in [3.8, 4) is 0 Å². The van der Waals surface area contributed by atoms with Gasteiger partial charge in [0, 0.05) is 0 Å². The van der Waals surface area contributed by atoms with Gasteiger partial charge in [0.25, 0.3) is 0 Å². The second-order valence-electron chi connectivity index (χ2n) is 4.13. The van der Waals surface area contributed by atoms with Crippen LogP contribution in [0.5, 0.6) is 0 Å². The molecule has 1 rings (SSSR count). The van der Waals surface area contributed by atoms with Crippen molar-refractivity contribution in [3.63, 3.8) is 0 Å². The van der Waals surface area contributed by atoms with Crippen molar-refractivity contribution >= 4 is 13.2 Å². The molecular weight excluding hydrogens is 199 g/mol. The zero-order chi connectivity index (χ0) is 11.1. The number of aryl methyl sites for hydroxylation is 1. The Kier molecular flexibility index (Phi) is 5.95. The Labute approximate surface area is 95.9 Å². The largest absolute Gasteiger partial charge is 0.0750 e. The molecule has 1 aromatic carbocycles. The molecule has 0 nitrogen and oxygen atoms in total. The van der Waals surface area contributed by atoms with E-state index in [4.69, 9.17) is 0 Å². The zero-order valence-corrected chi connectivity index (χ0v) is 11.2. The lowest BCUT2D eigenvalue weighted by atomic mass is 10.2. The fourth-order valence-corrected chi connectivity index (χ4v) is 4.70. The van der Waals surface area contributed by atoms with Gasteiger partial charge in [-0.3, -0.25) is 0 Å². The average Bonchev–Trinajstić information content (AvgIpc) is 2.25. The van der Waals surface area contributed by atoms with E-state index in [-0.39, 0.29) is 7.92 Å². The highest BCUT2D eigenvalue weighted by molar-refractivity contribution is 7.65. The Morgan fingerprint density at radius 2 is 1.73 bits per heavy atom. The summed E-state index contributed by atoms with van der Waals surface area (Å²) in [5.74, 6) is 0. The highest BCUT2D eigenvalue weighted by atomic mass is 31.1. The van der Waals surface area contributed by atoms with Gasteiger partial charge in [0.15, 0.2) is 0 Å². The summed E-state index contributed by atoms with van der Waals surface area (Å²) >= 11 is 0. The summed E-state index contributed by atoms with van der Waals surface area (Å²) < 4.78 is 0. The van der Waals surface area contributed by atoms with E-state index in [2.05, 4.69) is 45.0 Å². The van der Waals surface area contributed by atoms with Gasteiger partial charge >= 0.3 is 0 Å². The van der Waals surface area contributed by atoms with Gasteiger partial charge in [-0.2, -0.15) is 0 Å². The zero-order valence-electron chi connectivity index (χ0n) is 10.3. The minimum Gasteiger partial charge on any atom is -0.0750 e. The first-order valence-electron chi connectivity index (χ1n) is 6.10. The molecule has 0 radical (unpaired) electrons. The summed E-state index contributed by atoms with van der Waals surface area (Å²) in [5.41, 5.74) is 1.49. The first-order valence-corrected chi connectivity index (χ1v) is 7.81. The standard InChI is InChI=1S/C14H23P/c1-4-6-12-15(11-5-2)14-10-8-7-9-13(14)3/h7-10H,4-6,11-12H2,1-3H3. The Bertz CT molecular complexity index is 280. The van der Waals surface area contributed by atoms with Crippen molar-refractivity contribution in [2.75, 3.05) is 12.3 Å². The van der Waals surface area contributed by atoms with Crippen molar-refractivity contribution in [2.24, 2.45) is 0 Å². The highest BCUT2D eigenvalue weighted by Crippen LogP contribution is 2.37. The normalized spacial score (nSPS) is 12.7. The highest BCUT2D eigenvalue weighted by Gasteiger charge is 2.10. The molecule has 1 unspecified atom stereocenters. The molecule has 0 aliphatic heterocycles. The second-order valence-corrected chi connectivity index (χ2v) is 6.58. The molecule has 0 fully saturated rings. The van der Waals surface area contributed by atoms with E-state index in [1.165, 1.54) is 37.1 Å². The molecule has 0 aromatic heterocycles. The van der Waals surface area contributed by atoms with Gasteiger partial charge in [-0.05, 0) is 36.5 Å². The molecule has 0 N–H and O–H groups in total. The van der Waals surface area contributed by atoms with E-state index in [0.717, 1.165) is 0 Å². The second kappa shape index (κ2) is 7.01. The molecule has 0 bridgehead atoms. The van der Waals surface area contributed by atoms with Crippen molar-refractivity contribution < 1.29 is 0 Å². The first-order chi connectivity index (χ1) is 7.29. The molecule has 0 saturated carbocycles. The van der Waals surface area contributed by atoms with Crippen molar-refractivity contribution in [3.05, 3.63) is 29.8 Å². The molecule has 84 valence electrons. The van der Waals surface area contributed by atoms with Crippen molar-refractivity contribution in [1.29, 1.82) is 0 Å². The molecule has 1 aromatic rings. The van der Waals surface area contributed by atoms with Gasteiger partial charge in [-0.1, -0.05) is 58.9 Å². The van der Waals surface area contributed by atoms with Crippen LogP contribution >= 0.6 is 7.92 Å². The minimum absolute atomic E-state index is 0.117. The summed E-state index contributed by atoms with van der Waals surface area (Å²) in [5, 5.41) is 1.64. The quantitative estimate of drug-likeness (QED) is 0.629. The summed E-state index contributed by atoms with van der Waals surface area (Å²) in [6, 6.07) is 8.94. The maximum absolute atomic E-state index is 2.34. The van der Waals surface area contributed by atoms with Crippen molar-refractivity contribution in [2.45, 2.75) is 40.0 Å². The summed E-state index contributed by atoms with van der Waals surface area (Å²) in [6.07, 6.45) is 6.86. The van der Waals surface area contributed by atoms with Crippen LogP contribution in [0.4, 0.5) is 0 Å². The maximum atomic E-state index is 2.34. The molecule has 0 aliphatic carbocycles. The number of hydrogen-bond acceptors (Lipinski definition) is 0. The van der Waals surface area contributed by atoms with Gasteiger partial charge < -0.3 is 0 Å². The smallest absolute Gasteiger partial charge is 0.0211 e. The molecule has 15 heavy (non-hydrogen) atoms. The molecule has 1 atom stereocenters. The van der Waals surface area contributed by atoms with E-state index in [0.29, 0.717) is 0 Å². The first kappa shape index (κ1) is 12.7. The Morgan fingerprint density at radius 1 is 1.00 bits per heavy atom. The van der Waals surface area contributed by atoms with Crippen LogP contribution in [0.3, 0.4) is 0 Å². The van der Waals surface area contributed by atoms with Gasteiger partial charge in [-0.25, -0.2) is 0 Å². The van der Waals surface area contributed by atoms with E-state index in [1.807, 2.05) is 0 Å². The molecule has 0 spiro atoms. The number of rotatable bonds is 6. The fraction of sp³-hybridized carbons (Fsp3) is 0.571. The Hall–Kier alpha value is -0.350. The SMILES string of the molecule is CCCCP(CCC)c1ccccc1C. The lowest BCUT2D eigenvalue weighted by molar-refractivity contribution is 0.889. The van der Waals surface area contributed by atoms with Crippen LogP contribution in [0.25, 0.3) is 0 Å². The summed E-state index contributed by atoms with van der Waals surface area (Å²) in [7, 11) is 0.117. The van der Waals surface area contributed by atoms with E-state index in [9.17, 15) is 0 Å². The van der Waals surface area contributed by atoms with Crippen LogP contribution in [-0.4, -0.2) is 12.3 Å². The van der Waals surface area contributed by atoms with E-state index in [1.54, 1.807) is 5.30 Å². The molecule has 0 saturated heterocycles. The summed E-state index contributed by atoms with van der Waals surface area (Å²) in [4.78, 5) is 0. The average molecular weight is 222 g/mol. The van der Waals surface area contributed by atoms with Crippen LogP contribution in [0.2, 0.25) is 0 Å². The van der Waals surface area contributed by atoms with Gasteiger partial charge in [0.1, 0.15) is 0 Å². The van der Waals surface area contributed by atoms with E-state index < -0.39 is 0 Å². The maximum Gasteiger partial charge on any atom is -0.0211 e. The molecule has 0 amide bonds. The number of benzene rings is 1. The van der Waals surface area contributed by atoms with Crippen LogP contribution < -0.4 is 5.30 Å². The van der Waals surface area contributed by atoms with Gasteiger partial charge in [0.2, 0.25) is 0 Å². The van der Waals surface area contributed by atoms with E-state index >= 15 is 0 Å². The molecule has 0 aliphatic rings. The van der Waals surface area contributed by atoms with Gasteiger partial charge in [0.05, 0.1) is 0 Å². The predicted octanol–water partition coefficient (Wildman–Crippen LogP) is 4.31. The molecular formula is C14H23P. The number of hydrogen-bond donors (Lipinski definition) is 0. The third kappa shape index (κ3) is 3.95. The molecule has 0 heterocycles. The predicted molar refractivity (Wildman–Crippen MR) is 72.7 cm³/mol.